The third-order valence-corrected chi connectivity index (χ3v) is 5.42. The molecule has 140 valence electrons. The molecule has 8 heteroatoms. The average molecular weight is 358 g/mol. The van der Waals surface area contributed by atoms with Gasteiger partial charge in [-0.2, -0.15) is 5.10 Å². The van der Waals surface area contributed by atoms with Gasteiger partial charge < -0.3 is 9.64 Å². The summed E-state index contributed by atoms with van der Waals surface area (Å²) in [6.45, 7) is 5.84. The number of likely N-dealkylation sites (tertiary alicyclic amines) is 1. The van der Waals surface area contributed by atoms with Crippen LogP contribution in [-0.4, -0.2) is 62.3 Å². The molecule has 2 aliphatic rings. The molecule has 2 saturated heterocycles. The van der Waals surface area contributed by atoms with E-state index in [1.165, 1.54) is 19.2 Å². The van der Waals surface area contributed by atoms with E-state index in [2.05, 4.69) is 20.1 Å². The quantitative estimate of drug-likeness (QED) is 0.792. The lowest BCUT2D eigenvalue weighted by Gasteiger charge is -2.35. The Morgan fingerprint density at radius 3 is 2.73 bits per heavy atom. The van der Waals surface area contributed by atoms with Crippen molar-refractivity contribution in [3.8, 4) is 5.82 Å². The summed E-state index contributed by atoms with van der Waals surface area (Å²) in [5.41, 5.74) is -0.0596. The molecule has 2 aromatic heterocycles. The van der Waals surface area contributed by atoms with Crippen molar-refractivity contribution in [3.63, 3.8) is 0 Å². The minimum absolute atomic E-state index is 0.0596. The van der Waals surface area contributed by atoms with E-state index in [0.717, 1.165) is 45.7 Å². The van der Waals surface area contributed by atoms with Gasteiger partial charge >= 0.3 is 0 Å². The molecule has 0 amide bonds. The molecule has 8 nitrogen and oxygen atoms in total. The summed E-state index contributed by atoms with van der Waals surface area (Å²) in [5, 5.41) is 8.54. The summed E-state index contributed by atoms with van der Waals surface area (Å²) in [6, 6.07) is 3.24. The SMILES string of the molecule is O=c1ccc(-n2cncn2)nn1CC1CCN(CC2CCCOC2)CC1. The zero-order chi connectivity index (χ0) is 17.8. The van der Waals surface area contributed by atoms with E-state index in [1.54, 1.807) is 27.8 Å². The Labute approximate surface area is 152 Å². The molecule has 0 bridgehead atoms. The largest absolute Gasteiger partial charge is 0.381 e. The fourth-order valence-electron chi connectivity index (χ4n) is 3.93. The number of hydrogen-bond acceptors (Lipinski definition) is 6. The van der Waals surface area contributed by atoms with Crippen molar-refractivity contribution in [3.05, 3.63) is 35.1 Å². The van der Waals surface area contributed by atoms with Crippen LogP contribution in [0.2, 0.25) is 0 Å². The highest BCUT2D eigenvalue weighted by atomic mass is 16.5. The summed E-state index contributed by atoms with van der Waals surface area (Å²) in [5.74, 6) is 1.80. The summed E-state index contributed by atoms with van der Waals surface area (Å²) < 4.78 is 8.74. The third kappa shape index (κ3) is 4.19. The molecule has 2 aliphatic heterocycles. The zero-order valence-corrected chi connectivity index (χ0v) is 15.0. The molecule has 1 unspecified atom stereocenters. The van der Waals surface area contributed by atoms with Gasteiger partial charge in [0.05, 0.1) is 6.61 Å². The molecular weight excluding hydrogens is 332 g/mol. The maximum absolute atomic E-state index is 12.2. The second-order valence-electron chi connectivity index (χ2n) is 7.38. The molecule has 0 spiro atoms. The van der Waals surface area contributed by atoms with Crippen LogP contribution in [-0.2, 0) is 11.3 Å². The van der Waals surface area contributed by atoms with E-state index in [9.17, 15) is 4.79 Å². The fourth-order valence-corrected chi connectivity index (χ4v) is 3.93. The molecule has 0 aliphatic carbocycles. The van der Waals surface area contributed by atoms with Crippen molar-refractivity contribution in [2.45, 2.75) is 32.2 Å². The number of nitrogens with zero attached hydrogens (tertiary/aromatic N) is 6. The first-order valence-electron chi connectivity index (χ1n) is 9.51. The highest BCUT2D eigenvalue weighted by Gasteiger charge is 2.23. The number of hydrogen-bond donors (Lipinski definition) is 0. The van der Waals surface area contributed by atoms with Crippen molar-refractivity contribution in [1.29, 1.82) is 0 Å². The monoisotopic (exact) mass is 358 g/mol. The van der Waals surface area contributed by atoms with E-state index < -0.39 is 0 Å². The van der Waals surface area contributed by atoms with Gasteiger partial charge in [-0.15, -0.1) is 5.10 Å². The van der Waals surface area contributed by atoms with Gasteiger partial charge in [0, 0.05) is 25.8 Å². The molecule has 4 rings (SSSR count). The van der Waals surface area contributed by atoms with Gasteiger partial charge in [-0.25, -0.2) is 14.3 Å². The Bertz CT molecular complexity index is 745. The molecule has 0 aromatic carbocycles. The molecular formula is C18H26N6O2. The van der Waals surface area contributed by atoms with Crippen LogP contribution in [0.5, 0.6) is 0 Å². The summed E-state index contributed by atoms with van der Waals surface area (Å²) in [7, 11) is 0. The maximum atomic E-state index is 12.2. The van der Waals surface area contributed by atoms with Gasteiger partial charge in [0.25, 0.3) is 5.56 Å². The smallest absolute Gasteiger partial charge is 0.266 e. The summed E-state index contributed by atoms with van der Waals surface area (Å²) in [4.78, 5) is 18.7. The Morgan fingerprint density at radius 1 is 1.12 bits per heavy atom. The van der Waals surface area contributed by atoms with Crippen LogP contribution in [0.4, 0.5) is 0 Å². The highest BCUT2D eigenvalue weighted by Crippen LogP contribution is 2.22. The lowest BCUT2D eigenvalue weighted by atomic mass is 9.94. The Hall–Kier alpha value is -2.06. The summed E-state index contributed by atoms with van der Waals surface area (Å²) >= 11 is 0. The van der Waals surface area contributed by atoms with Crippen LogP contribution < -0.4 is 5.56 Å². The van der Waals surface area contributed by atoms with E-state index in [-0.39, 0.29) is 5.56 Å². The van der Waals surface area contributed by atoms with Crippen LogP contribution in [0.25, 0.3) is 5.82 Å². The van der Waals surface area contributed by atoms with E-state index in [0.29, 0.717) is 24.2 Å². The van der Waals surface area contributed by atoms with Crippen molar-refractivity contribution in [2.24, 2.45) is 11.8 Å². The second kappa shape index (κ2) is 8.09. The number of aromatic nitrogens is 5. The van der Waals surface area contributed by atoms with Crippen molar-refractivity contribution >= 4 is 0 Å². The first kappa shape index (κ1) is 17.4. The van der Waals surface area contributed by atoms with Crippen LogP contribution in [0, 0.1) is 11.8 Å². The predicted octanol–water partition coefficient (Wildman–Crippen LogP) is 0.963. The molecule has 0 radical (unpaired) electrons. The van der Waals surface area contributed by atoms with Gasteiger partial charge in [-0.05, 0) is 56.7 Å². The van der Waals surface area contributed by atoms with Crippen molar-refractivity contribution < 1.29 is 4.74 Å². The first-order valence-corrected chi connectivity index (χ1v) is 9.51. The van der Waals surface area contributed by atoms with Gasteiger partial charge in [0.1, 0.15) is 12.7 Å². The van der Waals surface area contributed by atoms with Crippen molar-refractivity contribution in [1.82, 2.24) is 29.4 Å². The number of ether oxygens (including phenoxy) is 1. The lowest BCUT2D eigenvalue weighted by molar-refractivity contribution is 0.0319. The Balaban J connectivity index is 1.33. The molecule has 2 aromatic rings. The van der Waals surface area contributed by atoms with Gasteiger partial charge in [0.2, 0.25) is 0 Å². The highest BCUT2D eigenvalue weighted by molar-refractivity contribution is 5.16. The predicted molar refractivity (Wildman–Crippen MR) is 96.1 cm³/mol. The number of piperidine rings is 1. The molecule has 26 heavy (non-hydrogen) atoms. The second-order valence-corrected chi connectivity index (χ2v) is 7.38. The first-order chi connectivity index (χ1) is 12.8. The summed E-state index contributed by atoms with van der Waals surface area (Å²) in [6.07, 6.45) is 7.74. The molecule has 4 heterocycles. The average Bonchev–Trinajstić information content (AvgIpc) is 3.21. The van der Waals surface area contributed by atoms with E-state index in [4.69, 9.17) is 4.74 Å². The molecule has 0 saturated carbocycles. The van der Waals surface area contributed by atoms with Crippen LogP contribution >= 0.6 is 0 Å². The van der Waals surface area contributed by atoms with Crippen LogP contribution in [0.15, 0.2) is 29.6 Å². The van der Waals surface area contributed by atoms with E-state index >= 15 is 0 Å². The van der Waals surface area contributed by atoms with E-state index in [1.807, 2.05) is 0 Å². The van der Waals surface area contributed by atoms with Crippen LogP contribution in [0.1, 0.15) is 25.7 Å². The minimum atomic E-state index is -0.0596. The standard InChI is InChI=1S/C18H26N6O2/c25-18-4-3-17(24-14-19-13-20-24)21-23(18)11-15-5-7-22(8-6-15)10-16-2-1-9-26-12-16/h3-4,13-16H,1-2,5-12H2. The topological polar surface area (TPSA) is 78.1 Å². The van der Waals surface area contributed by atoms with Gasteiger partial charge in [-0.3, -0.25) is 4.79 Å². The lowest BCUT2D eigenvalue weighted by Crippen LogP contribution is -2.40. The zero-order valence-electron chi connectivity index (χ0n) is 15.0. The molecule has 2 fully saturated rings. The van der Waals surface area contributed by atoms with Gasteiger partial charge in [-0.1, -0.05) is 0 Å². The Morgan fingerprint density at radius 2 is 2.00 bits per heavy atom. The molecule has 1 atom stereocenters. The minimum Gasteiger partial charge on any atom is -0.381 e. The maximum Gasteiger partial charge on any atom is 0.266 e. The third-order valence-electron chi connectivity index (χ3n) is 5.42. The Kier molecular flexibility index (Phi) is 5.40. The number of rotatable bonds is 5. The normalized spacial score (nSPS) is 22.5. The van der Waals surface area contributed by atoms with Gasteiger partial charge in [0.15, 0.2) is 5.82 Å². The van der Waals surface area contributed by atoms with Crippen LogP contribution in [0.3, 0.4) is 0 Å². The fraction of sp³-hybridized carbons (Fsp3) is 0.667. The van der Waals surface area contributed by atoms with Crippen molar-refractivity contribution in [2.75, 3.05) is 32.8 Å². The molecule has 0 N–H and O–H groups in total.